The molecule has 1 heterocycles. The topological polar surface area (TPSA) is 49.6 Å². The zero-order valence-electron chi connectivity index (χ0n) is 13.6. The van der Waals surface area contributed by atoms with Crippen molar-refractivity contribution in [1.82, 2.24) is 10.7 Å². The Kier molecular flexibility index (Phi) is 5.70. The van der Waals surface area contributed by atoms with Crippen LogP contribution in [-0.4, -0.2) is 11.3 Å². The van der Waals surface area contributed by atoms with E-state index in [0.29, 0.717) is 17.4 Å². The Balaban J connectivity index is 1.54. The molecule has 0 spiro atoms. The summed E-state index contributed by atoms with van der Waals surface area (Å²) in [5, 5.41) is 7.35. The summed E-state index contributed by atoms with van der Waals surface area (Å²) in [4.78, 5) is 0. The van der Waals surface area contributed by atoms with Crippen LogP contribution >= 0.6 is 12.2 Å². The van der Waals surface area contributed by atoms with Gasteiger partial charge in [0.1, 0.15) is 23.2 Å². The van der Waals surface area contributed by atoms with Crippen molar-refractivity contribution in [3.63, 3.8) is 0 Å². The Bertz CT molecular complexity index is 926. The number of thiocarbonyl (C=S) groups is 1. The van der Waals surface area contributed by atoms with Gasteiger partial charge in [0.25, 0.3) is 0 Å². The lowest BCUT2D eigenvalue weighted by atomic mass is 10.1. The molecule has 3 rings (SSSR count). The van der Waals surface area contributed by atoms with Crippen molar-refractivity contribution in [2.45, 2.75) is 6.54 Å². The lowest BCUT2D eigenvalue weighted by Crippen LogP contribution is -2.31. The van der Waals surface area contributed by atoms with E-state index in [9.17, 15) is 8.78 Å². The number of hydrogen-bond acceptors (Lipinski definition) is 3. The Labute approximate surface area is 154 Å². The molecule has 0 unspecified atom stereocenters. The predicted octanol–water partition coefficient (Wildman–Crippen LogP) is 4.22. The summed E-state index contributed by atoms with van der Waals surface area (Å²) in [6, 6.07) is 16.3. The van der Waals surface area contributed by atoms with Crippen LogP contribution in [-0.2, 0) is 6.54 Å². The first-order valence-electron chi connectivity index (χ1n) is 7.78. The normalized spacial score (nSPS) is 10.8. The molecule has 0 fully saturated rings. The Morgan fingerprint density at radius 3 is 2.65 bits per heavy atom. The Morgan fingerprint density at radius 1 is 1.08 bits per heavy atom. The Morgan fingerprint density at radius 2 is 1.88 bits per heavy atom. The molecule has 0 aliphatic rings. The van der Waals surface area contributed by atoms with Gasteiger partial charge < -0.3 is 9.73 Å². The molecule has 2 aromatic carbocycles. The van der Waals surface area contributed by atoms with Gasteiger partial charge in [-0.15, -0.1) is 0 Å². The van der Waals surface area contributed by atoms with E-state index >= 15 is 0 Å². The lowest BCUT2D eigenvalue weighted by Gasteiger charge is -2.06. The molecule has 0 saturated heterocycles. The lowest BCUT2D eigenvalue weighted by molar-refractivity contribution is 0.556. The van der Waals surface area contributed by atoms with Crippen molar-refractivity contribution in [1.29, 1.82) is 0 Å². The van der Waals surface area contributed by atoms with Gasteiger partial charge in [-0.05, 0) is 42.0 Å². The summed E-state index contributed by atoms with van der Waals surface area (Å²) in [7, 11) is 0. The zero-order chi connectivity index (χ0) is 18.4. The number of hydrazone groups is 1. The summed E-state index contributed by atoms with van der Waals surface area (Å²) < 4.78 is 32.2. The molecule has 0 aliphatic carbocycles. The predicted molar refractivity (Wildman–Crippen MR) is 101 cm³/mol. The van der Waals surface area contributed by atoms with Crippen molar-refractivity contribution in [3.8, 4) is 11.3 Å². The molecular weight excluding hydrogens is 356 g/mol. The molecule has 0 saturated carbocycles. The van der Waals surface area contributed by atoms with E-state index in [1.54, 1.807) is 12.1 Å². The quantitative estimate of drug-likeness (QED) is 0.400. The zero-order valence-corrected chi connectivity index (χ0v) is 14.4. The maximum atomic E-state index is 13.8. The number of benzene rings is 2. The minimum Gasteiger partial charge on any atom is -0.455 e. The largest absolute Gasteiger partial charge is 0.455 e. The molecule has 0 atom stereocenters. The van der Waals surface area contributed by atoms with Crippen LogP contribution in [0.1, 0.15) is 11.3 Å². The van der Waals surface area contributed by atoms with Crippen LogP contribution in [0.3, 0.4) is 0 Å². The van der Waals surface area contributed by atoms with Crippen molar-refractivity contribution in [3.05, 3.63) is 83.6 Å². The number of furan rings is 1. The SMILES string of the molecule is Fc1ccc(-c2ccc(/C=N\NC(=S)NCc3ccccc3)o2)c(F)c1. The van der Waals surface area contributed by atoms with Gasteiger partial charge >= 0.3 is 0 Å². The average molecular weight is 371 g/mol. The van der Waals surface area contributed by atoms with Crippen LogP contribution in [0.5, 0.6) is 0 Å². The van der Waals surface area contributed by atoms with E-state index in [4.69, 9.17) is 16.6 Å². The fourth-order valence-electron chi connectivity index (χ4n) is 2.23. The molecule has 0 amide bonds. The highest BCUT2D eigenvalue weighted by atomic mass is 32.1. The third-order valence-corrected chi connectivity index (χ3v) is 3.71. The molecule has 0 bridgehead atoms. The van der Waals surface area contributed by atoms with Crippen molar-refractivity contribution >= 4 is 23.5 Å². The molecule has 0 radical (unpaired) electrons. The van der Waals surface area contributed by atoms with E-state index in [1.807, 2.05) is 30.3 Å². The average Bonchev–Trinajstić information content (AvgIpc) is 3.09. The maximum absolute atomic E-state index is 13.8. The molecule has 7 heteroatoms. The van der Waals surface area contributed by atoms with Gasteiger partial charge in [0.2, 0.25) is 0 Å². The van der Waals surface area contributed by atoms with Crippen LogP contribution in [0.15, 0.2) is 70.2 Å². The van der Waals surface area contributed by atoms with Crippen molar-refractivity contribution in [2.75, 3.05) is 0 Å². The van der Waals surface area contributed by atoms with Crippen LogP contribution < -0.4 is 10.7 Å². The standard InChI is InChI=1S/C19H15F2N3OS/c20-14-6-8-16(17(21)10-14)18-9-7-15(25-18)12-23-24-19(26)22-11-13-4-2-1-3-5-13/h1-10,12H,11H2,(H2,22,24,26)/b23-12-. The molecule has 0 aliphatic heterocycles. The third kappa shape index (κ3) is 4.73. The third-order valence-electron chi connectivity index (χ3n) is 3.48. The minimum absolute atomic E-state index is 0.180. The second kappa shape index (κ2) is 8.35. The highest BCUT2D eigenvalue weighted by molar-refractivity contribution is 7.80. The second-order valence-corrected chi connectivity index (χ2v) is 5.77. The van der Waals surface area contributed by atoms with Gasteiger partial charge in [-0.2, -0.15) is 5.10 Å². The first kappa shape index (κ1) is 17.8. The fourth-order valence-corrected chi connectivity index (χ4v) is 2.35. The van der Waals surface area contributed by atoms with Crippen molar-refractivity contribution in [2.24, 2.45) is 5.10 Å². The number of rotatable bonds is 5. The summed E-state index contributed by atoms with van der Waals surface area (Å²) in [5.74, 6) is -0.636. The van der Waals surface area contributed by atoms with E-state index in [2.05, 4.69) is 15.8 Å². The Hall–Kier alpha value is -3.06. The van der Waals surface area contributed by atoms with Gasteiger partial charge in [0, 0.05) is 12.6 Å². The van der Waals surface area contributed by atoms with E-state index in [1.165, 1.54) is 18.3 Å². The van der Waals surface area contributed by atoms with Crippen molar-refractivity contribution < 1.29 is 13.2 Å². The van der Waals surface area contributed by atoms with Gasteiger partial charge in [-0.25, -0.2) is 8.78 Å². The smallest absolute Gasteiger partial charge is 0.187 e. The van der Waals surface area contributed by atoms with Gasteiger partial charge in [0.15, 0.2) is 5.11 Å². The van der Waals surface area contributed by atoms with Crippen LogP contribution in [0.4, 0.5) is 8.78 Å². The number of nitrogens with zero attached hydrogens (tertiary/aromatic N) is 1. The highest BCUT2D eigenvalue weighted by Crippen LogP contribution is 2.25. The van der Waals surface area contributed by atoms with E-state index < -0.39 is 11.6 Å². The minimum atomic E-state index is -0.688. The molecule has 26 heavy (non-hydrogen) atoms. The van der Waals surface area contributed by atoms with Crippen LogP contribution in [0.2, 0.25) is 0 Å². The summed E-state index contributed by atoms with van der Waals surface area (Å²) in [6.45, 7) is 0.580. The first-order chi connectivity index (χ1) is 12.6. The fraction of sp³-hybridized carbons (Fsp3) is 0.0526. The van der Waals surface area contributed by atoms with Crippen LogP contribution in [0.25, 0.3) is 11.3 Å². The molecule has 1 aromatic heterocycles. The highest BCUT2D eigenvalue weighted by Gasteiger charge is 2.10. The van der Waals surface area contributed by atoms with Gasteiger partial charge in [0.05, 0.1) is 11.8 Å². The van der Waals surface area contributed by atoms with E-state index in [-0.39, 0.29) is 11.3 Å². The molecule has 132 valence electrons. The molecule has 3 aromatic rings. The molecule has 4 nitrogen and oxygen atoms in total. The molecular formula is C19H15F2N3OS. The summed E-state index contributed by atoms with van der Waals surface area (Å²) in [6.07, 6.45) is 1.42. The number of halogens is 2. The van der Waals surface area contributed by atoms with Gasteiger partial charge in [-0.1, -0.05) is 30.3 Å². The van der Waals surface area contributed by atoms with E-state index in [0.717, 1.165) is 11.6 Å². The number of nitrogens with one attached hydrogen (secondary N) is 2. The molecule has 2 N–H and O–H groups in total. The van der Waals surface area contributed by atoms with Gasteiger partial charge in [-0.3, -0.25) is 5.43 Å². The summed E-state index contributed by atoms with van der Waals surface area (Å²) in [5.41, 5.74) is 3.95. The maximum Gasteiger partial charge on any atom is 0.187 e. The first-order valence-corrected chi connectivity index (χ1v) is 8.19. The number of hydrogen-bond donors (Lipinski definition) is 2. The van der Waals surface area contributed by atoms with Crippen LogP contribution in [0, 0.1) is 11.6 Å². The second-order valence-electron chi connectivity index (χ2n) is 5.36. The monoisotopic (exact) mass is 371 g/mol. The summed E-state index contributed by atoms with van der Waals surface area (Å²) >= 11 is 5.13.